The lowest BCUT2D eigenvalue weighted by Crippen LogP contribution is -2.66. The van der Waals surface area contributed by atoms with E-state index in [4.69, 9.17) is 4.43 Å². The Kier molecular flexibility index (Phi) is 9.02. The van der Waals surface area contributed by atoms with E-state index < -0.39 is 16.4 Å². The molecule has 34 heavy (non-hydrogen) atoms. The van der Waals surface area contributed by atoms with Crippen LogP contribution in [0.2, 0.25) is 18.1 Å². The smallest absolute Gasteiger partial charge is 0.229 e. The summed E-state index contributed by atoms with van der Waals surface area (Å²) < 4.78 is 7.39. The molecule has 178 valence electrons. The fourth-order valence-electron chi connectivity index (χ4n) is 3.93. The summed E-state index contributed by atoms with van der Waals surface area (Å²) in [6.07, 6.45) is 0.860. The highest BCUT2D eigenvalue weighted by molar-refractivity contribution is 14.1. The van der Waals surface area contributed by atoms with E-state index in [1.165, 1.54) is 15.6 Å². The molecule has 3 rings (SSSR count). The third-order valence-electron chi connectivity index (χ3n) is 6.82. The lowest BCUT2D eigenvalue weighted by atomic mass is 10.2. The van der Waals surface area contributed by atoms with Crippen LogP contribution in [0.4, 0.5) is 0 Å². The Hall–Kier alpha value is -1.66. The number of hydrogen-bond acceptors (Lipinski definition) is 1. The van der Waals surface area contributed by atoms with Crippen LogP contribution in [0.15, 0.2) is 91.0 Å². The Labute approximate surface area is 222 Å². The molecule has 0 saturated heterocycles. The molecule has 0 bridgehead atoms. The summed E-state index contributed by atoms with van der Waals surface area (Å²) in [5.41, 5.74) is 3.94. The fraction of sp³-hybridized carbons (Fsp3) is 0.333. The molecule has 1 nitrogen and oxygen atoms in total. The number of hydrogen-bond donors (Lipinski definition) is 0. The van der Waals surface area contributed by atoms with E-state index in [2.05, 4.69) is 166 Å². The van der Waals surface area contributed by atoms with Crippen LogP contribution in [0.1, 0.15) is 34.1 Å². The molecule has 0 fully saturated rings. The predicted molar refractivity (Wildman–Crippen MR) is 162 cm³/mol. The maximum atomic E-state index is 6.90. The van der Waals surface area contributed by atoms with Gasteiger partial charge in [-0.1, -0.05) is 147 Å². The molecular weight excluding hydrogens is 559 g/mol. The van der Waals surface area contributed by atoms with Crippen LogP contribution >= 0.6 is 22.6 Å². The predicted octanol–water partition coefficient (Wildman–Crippen LogP) is 6.30. The summed E-state index contributed by atoms with van der Waals surface area (Å²) in [6, 6.07) is 32.6. The van der Waals surface area contributed by atoms with Crippen molar-refractivity contribution in [3.63, 3.8) is 0 Å². The van der Waals surface area contributed by atoms with Crippen molar-refractivity contribution in [2.24, 2.45) is 0 Å². The number of benzene rings is 3. The summed E-state index contributed by atoms with van der Waals surface area (Å²) >= 11 is 2.50. The Bertz CT molecular complexity index is 998. The van der Waals surface area contributed by atoms with Crippen molar-refractivity contribution in [1.29, 1.82) is 0 Å². The normalized spacial score (nSPS) is 14.1. The van der Waals surface area contributed by atoms with Crippen molar-refractivity contribution in [3.8, 4) is 11.5 Å². The van der Waals surface area contributed by atoms with Crippen LogP contribution in [-0.4, -0.2) is 26.4 Å². The van der Waals surface area contributed by atoms with Gasteiger partial charge in [0.05, 0.1) is 0 Å². The maximum Gasteiger partial charge on any atom is 0.229 e. The van der Waals surface area contributed by atoms with Crippen molar-refractivity contribution in [2.75, 3.05) is 0 Å². The molecule has 0 aliphatic heterocycles. The first-order chi connectivity index (χ1) is 16.1. The summed E-state index contributed by atoms with van der Waals surface area (Å²) in [5.74, 6) is 3.74. The lowest BCUT2D eigenvalue weighted by Gasteiger charge is -2.38. The molecule has 2 atom stereocenters. The molecule has 0 unspecified atom stereocenters. The van der Waals surface area contributed by atoms with Crippen molar-refractivity contribution < 1.29 is 4.43 Å². The molecule has 0 radical (unpaired) electrons. The molecule has 0 heterocycles. The van der Waals surface area contributed by atoms with Gasteiger partial charge in [-0.2, -0.15) is 0 Å². The second-order valence-corrected chi connectivity index (χ2v) is 20.9. The maximum absolute atomic E-state index is 6.90. The van der Waals surface area contributed by atoms with Crippen LogP contribution in [0.25, 0.3) is 0 Å². The minimum atomic E-state index is -2.59. The molecule has 3 aromatic rings. The first kappa shape index (κ1) is 26.9. The number of alkyl halides is 1. The molecule has 4 heteroatoms. The highest BCUT2D eigenvalue weighted by atomic mass is 127. The van der Waals surface area contributed by atoms with Crippen LogP contribution < -0.4 is 15.6 Å². The molecule has 3 aromatic carbocycles. The van der Waals surface area contributed by atoms with Gasteiger partial charge in [-0.15, -0.1) is 5.54 Å². The Balaban J connectivity index is 2.23. The minimum Gasteiger partial charge on any atom is -0.403 e. The zero-order valence-corrected chi connectivity index (χ0v) is 25.5. The molecule has 0 saturated carbocycles. The van der Waals surface area contributed by atoms with Gasteiger partial charge in [0.1, 0.15) is 6.10 Å². The van der Waals surface area contributed by atoms with E-state index in [0.29, 0.717) is 3.92 Å². The molecule has 0 spiro atoms. The topological polar surface area (TPSA) is 9.23 Å². The zero-order valence-electron chi connectivity index (χ0n) is 21.3. The summed E-state index contributed by atoms with van der Waals surface area (Å²) in [6.45, 7) is 13.8. The average molecular weight is 597 g/mol. The van der Waals surface area contributed by atoms with Crippen molar-refractivity contribution >= 4 is 54.5 Å². The molecule has 0 aliphatic carbocycles. The van der Waals surface area contributed by atoms with Gasteiger partial charge in [0, 0.05) is 3.92 Å². The summed E-state index contributed by atoms with van der Waals surface area (Å²) in [4.78, 5) is 0. The van der Waals surface area contributed by atoms with E-state index in [1.54, 1.807) is 0 Å². The van der Waals surface area contributed by atoms with E-state index in [0.717, 1.165) is 6.42 Å². The molecule has 0 N–H and O–H groups in total. The SMILES string of the molecule is C[C@@H](I)C[C@H](C#C[Si](c1ccccc1)(c1ccccc1)c1ccccc1)O[Si](C)(C)C(C)(C)C. The van der Waals surface area contributed by atoms with Gasteiger partial charge >= 0.3 is 0 Å². The number of halogens is 1. The standard InChI is InChI=1S/C30H37IOSi2/c1-25(31)24-26(32-33(5,6)30(2,3)4)22-23-34(27-16-10-7-11-17-27,28-18-12-8-13-19-28)29-20-14-9-15-21-29/h7-21,25-26H,24H2,1-6H3/t25-,26+/m1/s1. The fourth-order valence-corrected chi connectivity index (χ4v) is 9.50. The summed E-state index contributed by atoms with van der Waals surface area (Å²) in [5, 5.41) is 4.09. The summed E-state index contributed by atoms with van der Waals surface area (Å²) in [7, 11) is -4.55. The van der Waals surface area contributed by atoms with Crippen LogP contribution in [0, 0.1) is 11.5 Å². The van der Waals surface area contributed by atoms with Gasteiger partial charge in [0.15, 0.2) is 8.32 Å². The Morgan fingerprint density at radius 1 is 0.765 bits per heavy atom. The van der Waals surface area contributed by atoms with Crippen LogP contribution in [-0.2, 0) is 4.43 Å². The third-order valence-corrected chi connectivity index (χ3v) is 15.9. The molecule has 0 aromatic heterocycles. The van der Waals surface area contributed by atoms with Gasteiger partial charge in [0.25, 0.3) is 0 Å². The minimum absolute atomic E-state index is 0.0733. The van der Waals surface area contributed by atoms with Gasteiger partial charge in [0.2, 0.25) is 8.07 Å². The van der Waals surface area contributed by atoms with E-state index in [-0.39, 0.29) is 11.1 Å². The Morgan fingerprint density at radius 3 is 1.47 bits per heavy atom. The average Bonchev–Trinajstić information content (AvgIpc) is 2.80. The third kappa shape index (κ3) is 6.31. The quantitative estimate of drug-likeness (QED) is 0.102. The van der Waals surface area contributed by atoms with Gasteiger partial charge < -0.3 is 4.43 Å². The largest absolute Gasteiger partial charge is 0.403 e. The van der Waals surface area contributed by atoms with E-state index in [1.807, 2.05) is 0 Å². The van der Waals surface area contributed by atoms with Gasteiger partial charge in [-0.05, 0) is 40.1 Å². The second-order valence-electron chi connectivity index (χ2n) is 10.5. The second kappa shape index (κ2) is 11.4. The van der Waals surface area contributed by atoms with Gasteiger partial charge in [-0.25, -0.2) is 0 Å². The van der Waals surface area contributed by atoms with Gasteiger partial charge in [-0.3, -0.25) is 0 Å². The van der Waals surface area contributed by atoms with Crippen molar-refractivity contribution in [1.82, 2.24) is 0 Å². The van der Waals surface area contributed by atoms with Crippen molar-refractivity contribution in [2.45, 2.75) is 62.3 Å². The highest BCUT2D eigenvalue weighted by Gasteiger charge is 2.41. The lowest BCUT2D eigenvalue weighted by molar-refractivity contribution is 0.225. The first-order valence-corrected chi connectivity index (χ1v) is 18.2. The molecule has 0 amide bonds. The number of rotatable bonds is 7. The van der Waals surface area contributed by atoms with E-state index in [9.17, 15) is 0 Å². The van der Waals surface area contributed by atoms with Crippen LogP contribution in [0.5, 0.6) is 0 Å². The van der Waals surface area contributed by atoms with Crippen LogP contribution in [0.3, 0.4) is 0 Å². The van der Waals surface area contributed by atoms with Crippen molar-refractivity contribution in [3.05, 3.63) is 91.0 Å². The Morgan fingerprint density at radius 2 is 1.15 bits per heavy atom. The highest BCUT2D eigenvalue weighted by Crippen LogP contribution is 2.37. The first-order valence-electron chi connectivity index (χ1n) is 12.1. The monoisotopic (exact) mass is 596 g/mol. The molecular formula is C30H37IOSi2. The molecule has 0 aliphatic rings. The zero-order chi connectivity index (χ0) is 24.8. The van der Waals surface area contributed by atoms with E-state index >= 15 is 0 Å².